The van der Waals surface area contributed by atoms with Gasteiger partial charge in [0, 0.05) is 12.1 Å². The highest BCUT2D eigenvalue weighted by Crippen LogP contribution is 2.30. The molecular weight excluding hydrogens is 228 g/mol. The van der Waals surface area contributed by atoms with Crippen molar-refractivity contribution in [2.45, 2.75) is 6.29 Å². The van der Waals surface area contributed by atoms with E-state index in [1.165, 1.54) is 18.5 Å². The molecule has 1 N–H and O–H groups in total. The van der Waals surface area contributed by atoms with E-state index >= 15 is 0 Å². The molecule has 7 heteroatoms. The summed E-state index contributed by atoms with van der Waals surface area (Å²) in [7, 11) is 0. The maximum Gasteiger partial charge on any atom is 0.295 e. The van der Waals surface area contributed by atoms with Crippen LogP contribution in [0, 0.1) is 16.0 Å². The van der Waals surface area contributed by atoms with Crippen molar-refractivity contribution in [1.29, 1.82) is 0 Å². The first-order valence-corrected chi connectivity index (χ1v) is 5.14. The quantitative estimate of drug-likeness (QED) is 0.615. The van der Waals surface area contributed by atoms with Crippen molar-refractivity contribution in [3.05, 3.63) is 34.1 Å². The lowest BCUT2D eigenvalue weighted by Gasteiger charge is -2.28. The zero-order valence-corrected chi connectivity index (χ0v) is 8.98. The van der Waals surface area contributed by atoms with Crippen LogP contribution < -0.4 is 0 Å². The third-order valence-corrected chi connectivity index (χ3v) is 2.51. The Morgan fingerprint density at radius 3 is 2.82 bits per heavy atom. The second-order valence-electron chi connectivity index (χ2n) is 3.74. The van der Waals surface area contributed by atoms with Crippen LogP contribution in [0.4, 0.5) is 5.69 Å². The molecule has 1 aromatic rings. The first kappa shape index (κ1) is 11.9. The second-order valence-corrected chi connectivity index (χ2v) is 3.74. The van der Waals surface area contributed by atoms with Gasteiger partial charge in [0.2, 0.25) is 0 Å². The van der Waals surface area contributed by atoms with E-state index in [0.717, 1.165) is 0 Å². The summed E-state index contributed by atoms with van der Waals surface area (Å²) >= 11 is 0. The van der Waals surface area contributed by atoms with Crippen LogP contribution in [0.1, 0.15) is 11.9 Å². The number of hydrogen-bond donors (Lipinski definition) is 1. The Morgan fingerprint density at radius 1 is 1.53 bits per heavy atom. The number of nitrogens with zero attached hydrogens (tertiary/aromatic N) is 2. The Hall–Kier alpha value is -1.57. The van der Waals surface area contributed by atoms with Gasteiger partial charge in [-0.1, -0.05) is 0 Å². The summed E-state index contributed by atoms with van der Waals surface area (Å²) in [5.41, 5.74) is 0.223. The molecule has 1 aromatic heterocycles. The molecule has 1 aliphatic heterocycles. The maximum absolute atomic E-state index is 10.8. The molecule has 0 bridgehead atoms. The fourth-order valence-corrected chi connectivity index (χ4v) is 1.58. The summed E-state index contributed by atoms with van der Waals surface area (Å²) in [6.45, 7) is 0.618. The molecule has 0 spiro atoms. The molecule has 1 saturated heterocycles. The molecule has 0 radical (unpaired) electrons. The Labute approximate surface area is 97.1 Å². The molecule has 7 nitrogen and oxygen atoms in total. The van der Waals surface area contributed by atoms with Gasteiger partial charge in [0.15, 0.2) is 6.29 Å². The smallest absolute Gasteiger partial charge is 0.295 e. The summed E-state index contributed by atoms with van der Waals surface area (Å²) in [5.74, 6) is -0.0767. The molecule has 17 heavy (non-hydrogen) atoms. The van der Waals surface area contributed by atoms with Crippen molar-refractivity contribution in [3.63, 3.8) is 0 Å². The predicted octanol–water partition coefficient (Wildman–Crippen LogP) is 0.644. The molecule has 0 aromatic carbocycles. The molecule has 2 heterocycles. The van der Waals surface area contributed by atoms with Crippen LogP contribution in [0.2, 0.25) is 0 Å². The number of aliphatic hydroxyl groups excluding tert-OH is 1. The summed E-state index contributed by atoms with van der Waals surface area (Å²) in [6.07, 6.45) is 1.86. The fourth-order valence-electron chi connectivity index (χ4n) is 1.58. The highest BCUT2D eigenvalue weighted by atomic mass is 16.7. The van der Waals surface area contributed by atoms with Crippen LogP contribution in [-0.4, -0.2) is 34.8 Å². The van der Waals surface area contributed by atoms with E-state index in [1.807, 2.05) is 0 Å². The van der Waals surface area contributed by atoms with Crippen LogP contribution >= 0.6 is 0 Å². The first-order valence-electron chi connectivity index (χ1n) is 5.14. The molecule has 1 fully saturated rings. The van der Waals surface area contributed by atoms with E-state index in [9.17, 15) is 10.1 Å². The van der Waals surface area contributed by atoms with E-state index in [4.69, 9.17) is 14.6 Å². The number of nitro groups is 1. The average molecular weight is 240 g/mol. The Kier molecular flexibility index (Phi) is 3.62. The van der Waals surface area contributed by atoms with Crippen LogP contribution in [-0.2, 0) is 9.47 Å². The standard InChI is InChI=1S/C10H12N2O5/c13-4-7-5-16-10(17-6-7)8-1-2-11-3-9(8)12(14)15/h1-3,7,10,13H,4-6H2. The maximum atomic E-state index is 10.8. The van der Waals surface area contributed by atoms with Gasteiger partial charge in [0.1, 0.15) is 6.20 Å². The van der Waals surface area contributed by atoms with Crippen molar-refractivity contribution < 1.29 is 19.5 Å². The van der Waals surface area contributed by atoms with Crippen molar-refractivity contribution in [2.75, 3.05) is 19.8 Å². The fraction of sp³-hybridized carbons (Fsp3) is 0.500. The first-order chi connectivity index (χ1) is 8.22. The number of pyridine rings is 1. The lowest BCUT2D eigenvalue weighted by molar-refractivity contribution is -0.388. The normalized spacial score (nSPS) is 24.5. The van der Waals surface area contributed by atoms with Gasteiger partial charge in [0.05, 0.1) is 30.3 Å². The van der Waals surface area contributed by atoms with Crippen LogP contribution in [0.3, 0.4) is 0 Å². The van der Waals surface area contributed by atoms with Gasteiger partial charge in [-0.3, -0.25) is 15.1 Å². The van der Waals surface area contributed by atoms with E-state index in [0.29, 0.717) is 18.8 Å². The minimum atomic E-state index is -0.763. The monoisotopic (exact) mass is 240 g/mol. The number of hydrogen-bond acceptors (Lipinski definition) is 6. The zero-order valence-electron chi connectivity index (χ0n) is 8.98. The lowest BCUT2D eigenvalue weighted by atomic mass is 10.1. The second kappa shape index (κ2) is 5.17. The van der Waals surface area contributed by atoms with E-state index in [-0.39, 0.29) is 18.2 Å². The summed E-state index contributed by atoms with van der Waals surface area (Å²) in [4.78, 5) is 14.0. The highest BCUT2D eigenvalue weighted by Gasteiger charge is 2.28. The molecule has 2 rings (SSSR count). The molecule has 0 saturated carbocycles. The van der Waals surface area contributed by atoms with Crippen LogP contribution in [0.25, 0.3) is 0 Å². The predicted molar refractivity (Wildman–Crippen MR) is 56.1 cm³/mol. The summed E-state index contributed by atoms with van der Waals surface area (Å²) < 4.78 is 10.7. The topological polar surface area (TPSA) is 94.7 Å². The van der Waals surface area contributed by atoms with Gasteiger partial charge in [0.25, 0.3) is 5.69 Å². The van der Waals surface area contributed by atoms with E-state index in [2.05, 4.69) is 4.98 Å². The third kappa shape index (κ3) is 2.57. The molecule has 0 amide bonds. The number of ether oxygens (including phenoxy) is 2. The minimum absolute atomic E-state index is 0.0227. The van der Waals surface area contributed by atoms with Crippen molar-refractivity contribution in [3.8, 4) is 0 Å². The molecule has 0 aliphatic carbocycles. The molecule has 0 unspecified atom stereocenters. The van der Waals surface area contributed by atoms with Gasteiger partial charge in [-0.05, 0) is 6.07 Å². The van der Waals surface area contributed by atoms with Crippen LogP contribution in [0.15, 0.2) is 18.5 Å². The van der Waals surface area contributed by atoms with Crippen molar-refractivity contribution >= 4 is 5.69 Å². The van der Waals surface area contributed by atoms with Crippen molar-refractivity contribution in [1.82, 2.24) is 4.98 Å². The molecule has 0 atom stereocenters. The van der Waals surface area contributed by atoms with Gasteiger partial charge < -0.3 is 14.6 Å². The highest BCUT2D eigenvalue weighted by molar-refractivity contribution is 5.37. The van der Waals surface area contributed by atoms with Gasteiger partial charge in [-0.2, -0.15) is 0 Å². The number of aliphatic hydroxyl groups is 1. The number of rotatable bonds is 3. The average Bonchev–Trinajstić information content (AvgIpc) is 2.39. The van der Waals surface area contributed by atoms with E-state index in [1.54, 1.807) is 0 Å². The minimum Gasteiger partial charge on any atom is -0.396 e. The van der Waals surface area contributed by atoms with Gasteiger partial charge >= 0.3 is 0 Å². The van der Waals surface area contributed by atoms with Gasteiger partial charge in [-0.25, -0.2) is 0 Å². The summed E-state index contributed by atoms with van der Waals surface area (Å²) in [6, 6.07) is 1.50. The van der Waals surface area contributed by atoms with E-state index < -0.39 is 11.2 Å². The number of aromatic nitrogens is 1. The third-order valence-electron chi connectivity index (χ3n) is 2.51. The summed E-state index contributed by atoms with van der Waals surface area (Å²) in [5, 5.41) is 19.7. The Balaban J connectivity index is 2.15. The Morgan fingerprint density at radius 2 is 2.24 bits per heavy atom. The molecule has 92 valence electrons. The molecule has 1 aliphatic rings. The Bertz CT molecular complexity index is 403. The van der Waals surface area contributed by atoms with Gasteiger partial charge in [-0.15, -0.1) is 0 Å². The van der Waals surface area contributed by atoms with Crippen LogP contribution in [0.5, 0.6) is 0 Å². The SMILES string of the molecule is O=[N+]([O-])c1cnccc1C1OCC(CO)CO1. The molecular formula is C10H12N2O5. The van der Waals surface area contributed by atoms with Crippen molar-refractivity contribution in [2.24, 2.45) is 5.92 Å². The zero-order chi connectivity index (χ0) is 12.3. The lowest BCUT2D eigenvalue weighted by Crippen LogP contribution is -2.29. The largest absolute Gasteiger partial charge is 0.396 e.